The van der Waals surface area contributed by atoms with E-state index in [0.717, 1.165) is 13.0 Å². The smallest absolute Gasteiger partial charge is 0.0175 e. The molecule has 1 heterocycles. The molecule has 0 saturated heterocycles. The highest BCUT2D eigenvalue weighted by Gasteiger charge is 2.08. The van der Waals surface area contributed by atoms with Gasteiger partial charge in [0, 0.05) is 5.69 Å². The maximum Gasteiger partial charge on any atom is 0.0175 e. The average Bonchev–Trinajstić information content (AvgIpc) is 2.34. The van der Waals surface area contributed by atoms with Gasteiger partial charge in [0.05, 0.1) is 0 Å². The predicted molar refractivity (Wildman–Crippen MR) is 44.9 cm³/mol. The Labute approximate surface area is 66.2 Å². The lowest BCUT2D eigenvalue weighted by atomic mass is 10.2. The molecule has 0 bridgehead atoms. The third-order valence-corrected chi connectivity index (χ3v) is 2.22. The lowest BCUT2D eigenvalue weighted by Gasteiger charge is -2.25. The van der Waals surface area contributed by atoms with Gasteiger partial charge < -0.3 is 17.1 Å². The first-order valence-corrected chi connectivity index (χ1v) is 3.77. The van der Waals surface area contributed by atoms with Gasteiger partial charge in [0.25, 0.3) is 0 Å². The molecule has 0 spiro atoms. The fourth-order valence-electron chi connectivity index (χ4n) is 1.31. The highest BCUT2D eigenvalue weighted by molar-refractivity contribution is 7.60. The summed E-state index contributed by atoms with van der Waals surface area (Å²) >= 11 is 5.09. The molecule has 1 nitrogen and oxygen atoms in total. The Morgan fingerprint density at radius 1 is 1.30 bits per heavy atom. The lowest BCUT2D eigenvalue weighted by molar-refractivity contribution is 1.06. The van der Waals surface area contributed by atoms with Crippen molar-refractivity contribution in [1.29, 1.82) is 0 Å². The Kier molecular flexibility index (Phi) is 1.34. The van der Waals surface area contributed by atoms with Crippen LogP contribution in [0.2, 0.25) is 0 Å². The van der Waals surface area contributed by atoms with Crippen LogP contribution in [0, 0.1) is 0 Å². The molecule has 10 heavy (non-hydrogen) atoms. The summed E-state index contributed by atoms with van der Waals surface area (Å²) in [5.41, 5.74) is 2.61. The van der Waals surface area contributed by atoms with E-state index in [0.29, 0.717) is 0 Å². The van der Waals surface area contributed by atoms with Crippen molar-refractivity contribution in [3.05, 3.63) is 29.8 Å². The largest absolute Gasteiger partial charge is 0.667 e. The Bertz CT molecular complexity index is 247. The molecule has 52 valence electrons. The molecule has 2 rings (SSSR count). The van der Waals surface area contributed by atoms with E-state index in [4.69, 9.17) is 12.8 Å². The first-order chi connectivity index (χ1) is 4.88. The number of nitrogens with zero attached hydrogens (tertiary/aromatic N) is 1. The van der Waals surface area contributed by atoms with Gasteiger partial charge in [-0.2, -0.15) is 0 Å². The van der Waals surface area contributed by atoms with Crippen LogP contribution in [0.25, 0.3) is 0 Å². The highest BCUT2D eigenvalue weighted by atomic mass is 32.1. The van der Waals surface area contributed by atoms with Gasteiger partial charge in [-0.1, -0.05) is 18.2 Å². The molecule has 0 radical (unpaired) electrons. The molecule has 0 atom stereocenters. The van der Waals surface area contributed by atoms with Crippen molar-refractivity contribution in [3.8, 4) is 0 Å². The lowest BCUT2D eigenvalue weighted by Crippen LogP contribution is -2.09. The summed E-state index contributed by atoms with van der Waals surface area (Å²) in [4.78, 5) is 0. The van der Waals surface area contributed by atoms with E-state index < -0.39 is 0 Å². The number of rotatable bonds is 0. The fourth-order valence-corrected chi connectivity index (χ4v) is 1.58. The second-order valence-corrected chi connectivity index (χ2v) is 2.92. The number of para-hydroxylation sites is 1. The molecule has 1 aromatic carbocycles. The minimum Gasteiger partial charge on any atom is -0.667 e. The van der Waals surface area contributed by atoms with Crippen molar-refractivity contribution < 1.29 is 0 Å². The summed E-state index contributed by atoms with van der Waals surface area (Å²) in [5.74, 6) is 0. The van der Waals surface area contributed by atoms with Gasteiger partial charge in [-0.05, 0) is 24.6 Å². The van der Waals surface area contributed by atoms with E-state index in [-0.39, 0.29) is 0 Å². The Balaban J connectivity index is 2.51. The van der Waals surface area contributed by atoms with Gasteiger partial charge in [0.1, 0.15) is 0 Å². The van der Waals surface area contributed by atoms with Crippen molar-refractivity contribution in [1.82, 2.24) is 0 Å². The van der Waals surface area contributed by atoms with Crippen LogP contribution in [0.3, 0.4) is 0 Å². The third kappa shape index (κ3) is 0.797. The number of anilines is 1. The van der Waals surface area contributed by atoms with Crippen LogP contribution in [-0.2, 0) is 19.2 Å². The number of benzene rings is 1. The van der Waals surface area contributed by atoms with Gasteiger partial charge >= 0.3 is 0 Å². The van der Waals surface area contributed by atoms with Crippen molar-refractivity contribution in [2.45, 2.75) is 6.42 Å². The molecule has 1 aliphatic heterocycles. The first-order valence-electron chi connectivity index (χ1n) is 3.40. The number of fused-ring (bicyclic) bond motifs is 1. The van der Waals surface area contributed by atoms with Crippen molar-refractivity contribution in [3.63, 3.8) is 0 Å². The second kappa shape index (κ2) is 2.20. The van der Waals surface area contributed by atoms with E-state index in [2.05, 4.69) is 18.2 Å². The van der Waals surface area contributed by atoms with E-state index in [1.54, 1.807) is 0 Å². The van der Waals surface area contributed by atoms with Crippen LogP contribution in [0.1, 0.15) is 5.56 Å². The maximum absolute atomic E-state index is 5.09. The molecule has 0 N–H and O–H groups in total. The van der Waals surface area contributed by atoms with Gasteiger partial charge in [0.2, 0.25) is 0 Å². The van der Waals surface area contributed by atoms with Gasteiger partial charge in [0.15, 0.2) is 0 Å². The molecule has 0 amide bonds. The molecule has 0 aliphatic carbocycles. The van der Waals surface area contributed by atoms with Crippen LogP contribution in [-0.4, -0.2) is 6.54 Å². The summed E-state index contributed by atoms with van der Waals surface area (Å²) < 4.78 is 1.88. The molecule has 0 fully saturated rings. The zero-order valence-electron chi connectivity index (χ0n) is 5.58. The zero-order chi connectivity index (χ0) is 6.97. The Hall–Kier alpha value is -0.630. The molecule has 1 aliphatic rings. The Morgan fingerprint density at radius 2 is 2.10 bits per heavy atom. The maximum atomic E-state index is 5.09. The van der Waals surface area contributed by atoms with Crippen LogP contribution in [0.5, 0.6) is 0 Å². The Morgan fingerprint density at radius 3 is 2.90 bits per heavy atom. The molecular formula is C8H8NS-. The summed E-state index contributed by atoms with van der Waals surface area (Å²) in [5, 5.41) is 0. The summed E-state index contributed by atoms with van der Waals surface area (Å²) in [6, 6.07) is 8.31. The summed E-state index contributed by atoms with van der Waals surface area (Å²) in [6.07, 6.45) is 1.11. The van der Waals surface area contributed by atoms with E-state index in [9.17, 15) is 0 Å². The monoisotopic (exact) mass is 150 g/mol. The molecule has 1 aromatic rings. The number of hydrogen-bond acceptors (Lipinski definition) is 2. The van der Waals surface area contributed by atoms with Crippen LogP contribution in [0.15, 0.2) is 24.3 Å². The quantitative estimate of drug-likeness (QED) is 0.516. The zero-order valence-corrected chi connectivity index (χ0v) is 6.40. The minimum atomic E-state index is 0.995. The standard InChI is InChI=1S/C8H8NS/c10-9-6-5-7-3-1-2-4-8(7)9/h1-4H,5-6H2/q-1. The third-order valence-electron chi connectivity index (χ3n) is 1.84. The highest BCUT2D eigenvalue weighted by Crippen LogP contribution is 2.25. The molecule has 0 aromatic heterocycles. The SMILES string of the molecule is [S-]N1CCc2ccccc21. The topological polar surface area (TPSA) is 3.24 Å². The van der Waals surface area contributed by atoms with E-state index in [1.807, 2.05) is 10.4 Å². The van der Waals surface area contributed by atoms with Crippen LogP contribution in [0.4, 0.5) is 5.69 Å². The van der Waals surface area contributed by atoms with Crippen LogP contribution < -0.4 is 4.31 Å². The number of hydrogen-bond donors (Lipinski definition) is 0. The summed E-state index contributed by atoms with van der Waals surface area (Å²) in [6.45, 7) is 0.995. The predicted octanol–water partition coefficient (Wildman–Crippen LogP) is 1.51. The summed E-state index contributed by atoms with van der Waals surface area (Å²) in [7, 11) is 0. The van der Waals surface area contributed by atoms with Crippen LogP contribution >= 0.6 is 0 Å². The van der Waals surface area contributed by atoms with E-state index >= 15 is 0 Å². The normalized spacial score (nSPS) is 15.5. The van der Waals surface area contributed by atoms with Gasteiger partial charge in [-0.3, -0.25) is 0 Å². The molecule has 2 heteroatoms. The van der Waals surface area contributed by atoms with Crippen molar-refractivity contribution >= 4 is 18.5 Å². The average molecular weight is 150 g/mol. The molecule has 0 unspecified atom stereocenters. The van der Waals surface area contributed by atoms with Crippen molar-refractivity contribution in [2.24, 2.45) is 0 Å². The molecule has 0 saturated carbocycles. The molecular weight excluding hydrogens is 142 g/mol. The fraction of sp³-hybridized carbons (Fsp3) is 0.250. The van der Waals surface area contributed by atoms with E-state index in [1.165, 1.54) is 11.3 Å². The van der Waals surface area contributed by atoms with Gasteiger partial charge in [-0.15, -0.1) is 0 Å². The second-order valence-electron chi connectivity index (χ2n) is 2.48. The minimum absolute atomic E-state index is 0.995. The first kappa shape index (κ1) is 6.10. The van der Waals surface area contributed by atoms with Gasteiger partial charge in [-0.25, -0.2) is 0 Å². The van der Waals surface area contributed by atoms with Crippen molar-refractivity contribution in [2.75, 3.05) is 10.8 Å².